The summed E-state index contributed by atoms with van der Waals surface area (Å²) in [4.78, 5) is 36.8. The molecule has 0 radical (unpaired) electrons. The highest BCUT2D eigenvalue weighted by molar-refractivity contribution is 7.89. The van der Waals surface area contributed by atoms with Gasteiger partial charge in [0.15, 0.2) is 6.61 Å². The Kier molecular flexibility index (Phi) is 7.65. The Labute approximate surface area is 193 Å². The highest BCUT2D eigenvalue weighted by atomic mass is 32.2. The third kappa shape index (κ3) is 5.48. The molecule has 0 saturated carbocycles. The normalized spacial score (nSPS) is 15.1. The van der Waals surface area contributed by atoms with E-state index in [1.54, 1.807) is 12.1 Å². The van der Waals surface area contributed by atoms with E-state index in [0.717, 1.165) is 11.1 Å². The van der Waals surface area contributed by atoms with Crippen LogP contribution in [0.5, 0.6) is 0 Å². The molecular weight excluding hydrogens is 446 g/mol. The van der Waals surface area contributed by atoms with Crippen LogP contribution in [0.2, 0.25) is 0 Å². The molecule has 0 spiro atoms. The molecule has 1 heterocycles. The lowest BCUT2D eigenvalue weighted by atomic mass is 9.98. The number of hydrogen-bond acceptors (Lipinski definition) is 7. The highest BCUT2D eigenvalue weighted by Crippen LogP contribution is 2.27. The summed E-state index contributed by atoms with van der Waals surface area (Å²) in [7, 11) is -2.75. The number of sulfonamides is 1. The lowest BCUT2D eigenvalue weighted by Gasteiger charge is -2.30. The third-order valence-electron chi connectivity index (χ3n) is 5.74. The van der Waals surface area contributed by atoms with Crippen molar-refractivity contribution in [3.63, 3.8) is 0 Å². The van der Waals surface area contributed by atoms with E-state index in [0.29, 0.717) is 5.56 Å². The summed E-state index contributed by atoms with van der Waals surface area (Å²) in [5, 5.41) is 0. The third-order valence-corrected chi connectivity index (χ3v) is 7.69. The van der Waals surface area contributed by atoms with Crippen molar-refractivity contribution in [1.82, 2.24) is 4.31 Å². The number of piperidine rings is 1. The molecule has 176 valence electrons. The average molecular weight is 474 g/mol. The minimum atomic E-state index is -3.94. The fourth-order valence-corrected chi connectivity index (χ4v) is 5.46. The molecule has 3 rings (SSSR count). The molecule has 1 fully saturated rings. The Morgan fingerprint density at radius 1 is 1.00 bits per heavy atom. The molecule has 9 heteroatoms. The van der Waals surface area contributed by atoms with Crippen molar-refractivity contribution in [2.75, 3.05) is 26.8 Å². The second kappa shape index (κ2) is 10.3. The van der Waals surface area contributed by atoms with Gasteiger partial charge in [0, 0.05) is 18.7 Å². The van der Waals surface area contributed by atoms with E-state index < -0.39 is 27.9 Å². The number of aryl methyl sites for hydroxylation is 2. The van der Waals surface area contributed by atoms with Crippen LogP contribution in [0.3, 0.4) is 0 Å². The first-order valence-corrected chi connectivity index (χ1v) is 12.0. The van der Waals surface area contributed by atoms with Crippen LogP contribution in [0.4, 0.5) is 0 Å². The number of carbonyl (C=O) groups is 3. The Hall–Kier alpha value is -3.04. The van der Waals surface area contributed by atoms with Crippen LogP contribution >= 0.6 is 0 Å². The summed E-state index contributed by atoms with van der Waals surface area (Å²) >= 11 is 0. The molecule has 1 aliphatic rings. The van der Waals surface area contributed by atoms with Gasteiger partial charge in [-0.05, 0) is 50.5 Å². The summed E-state index contributed by atoms with van der Waals surface area (Å²) in [6.07, 6.45) is 0.520. The molecule has 0 unspecified atom stereocenters. The van der Waals surface area contributed by atoms with Crippen LogP contribution in [0.25, 0.3) is 0 Å². The largest absolute Gasteiger partial charge is 0.465 e. The molecule has 0 bridgehead atoms. The Morgan fingerprint density at radius 3 is 2.33 bits per heavy atom. The number of rotatable bonds is 7. The van der Waals surface area contributed by atoms with Gasteiger partial charge in [0.2, 0.25) is 15.8 Å². The molecular formula is C24H27NO7S. The van der Waals surface area contributed by atoms with Crippen molar-refractivity contribution in [2.24, 2.45) is 5.92 Å². The van der Waals surface area contributed by atoms with Gasteiger partial charge in [-0.15, -0.1) is 0 Å². The van der Waals surface area contributed by atoms with Gasteiger partial charge in [-0.1, -0.05) is 29.8 Å². The minimum absolute atomic E-state index is 0.0357. The van der Waals surface area contributed by atoms with Crippen LogP contribution in [0.15, 0.2) is 47.4 Å². The molecule has 0 aromatic heterocycles. The summed E-state index contributed by atoms with van der Waals surface area (Å²) in [6, 6.07) is 11.4. The maximum absolute atomic E-state index is 13.1. The Bertz CT molecular complexity index is 1170. The van der Waals surface area contributed by atoms with Crippen LogP contribution < -0.4 is 0 Å². The van der Waals surface area contributed by atoms with E-state index in [9.17, 15) is 22.8 Å². The number of ketones is 1. The monoisotopic (exact) mass is 473 g/mol. The SMILES string of the molecule is COC(=O)c1ccccc1S(=O)(=O)N1CCC(C(=O)OCC(=O)c2cc(C)ccc2C)CC1. The van der Waals surface area contributed by atoms with Crippen LogP contribution in [-0.2, 0) is 24.3 Å². The average Bonchev–Trinajstić information content (AvgIpc) is 2.83. The van der Waals surface area contributed by atoms with Crippen molar-refractivity contribution in [3.8, 4) is 0 Å². The van der Waals surface area contributed by atoms with Crippen molar-refractivity contribution >= 4 is 27.7 Å². The highest BCUT2D eigenvalue weighted by Gasteiger charge is 2.35. The van der Waals surface area contributed by atoms with Gasteiger partial charge < -0.3 is 9.47 Å². The van der Waals surface area contributed by atoms with Gasteiger partial charge in [0.05, 0.1) is 23.5 Å². The zero-order valence-corrected chi connectivity index (χ0v) is 19.7. The second-order valence-corrected chi connectivity index (χ2v) is 9.92. The summed E-state index contributed by atoms with van der Waals surface area (Å²) in [6.45, 7) is 3.55. The predicted octanol–water partition coefficient (Wildman–Crippen LogP) is 2.92. The number of methoxy groups -OCH3 is 1. The number of ether oxygens (including phenoxy) is 2. The van der Waals surface area contributed by atoms with Gasteiger partial charge in [0.1, 0.15) is 0 Å². The van der Waals surface area contributed by atoms with Crippen molar-refractivity contribution in [1.29, 1.82) is 0 Å². The topological polar surface area (TPSA) is 107 Å². The number of Topliss-reactive ketones (excluding diaryl/α,β-unsaturated/α-hetero) is 1. The summed E-state index contributed by atoms with van der Waals surface area (Å²) < 4.78 is 37.4. The molecule has 0 amide bonds. The van der Waals surface area contributed by atoms with Crippen molar-refractivity contribution in [2.45, 2.75) is 31.6 Å². The van der Waals surface area contributed by atoms with Crippen LogP contribution in [0.1, 0.15) is 44.7 Å². The zero-order chi connectivity index (χ0) is 24.2. The van der Waals surface area contributed by atoms with E-state index >= 15 is 0 Å². The molecule has 8 nitrogen and oxygen atoms in total. The molecule has 33 heavy (non-hydrogen) atoms. The maximum atomic E-state index is 13.1. The number of esters is 2. The second-order valence-electron chi connectivity index (χ2n) is 8.02. The molecule has 1 saturated heterocycles. The summed E-state index contributed by atoms with van der Waals surface area (Å²) in [5.41, 5.74) is 2.24. The van der Waals surface area contributed by atoms with E-state index in [-0.39, 0.29) is 48.8 Å². The smallest absolute Gasteiger partial charge is 0.339 e. The molecule has 0 atom stereocenters. The minimum Gasteiger partial charge on any atom is -0.465 e. The first-order chi connectivity index (χ1) is 15.6. The van der Waals surface area contributed by atoms with E-state index in [4.69, 9.17) is 4.74 Å². The number of benzene rings is 2. The van der Waals surface area contributed by atoms with E-state index in [2.05, 4.69) is 4.74 Å². The zero-order valence-electron chi connectivity index (χ0n) is 18.9. The molecule has 2 aromatic rings. The molecule has 0 aliphatic carbocycles. The first kappa shape index (κ1) is 24.6. The van der Waals surface area contributed by atoms with Crippen LogP contribution in [-0.4, -0.2) is 57.3 Å². The summed E-state index contributed by atoms with van der Waals surface area (Å²) in [5.74, 6) is -2.02. The quantitative estimate of drug-likeness (QED) is 0.449. The van der Waals surface area contributed by atoms with Crippen molar-refractivity contribution < 1.29 is 32.3 Å². The predicted molar refractivity (Wildman–Crippen MR) is 120 cm³/mol. The van der Waals surface area contributed by atoms with Crippen LogP contribution in [0, 0.1) is 19.8 Å². The van der Waals surface area contributed by atoms with Gasteiger partial charge in [-0.3, -0.25) is 9.59 Å². The molecule has 2 aromatic carbocycles. The van der Waals surface area contributed by atoms with E-state index in [1.165, 1.54) is 29.6 Å². The first-order valence-electron chi connectivity index (χ1n) is 10.6. The van der Waals surface area contributed by atoms with Gasteiger partial charge in [-0.25, -0.2) is 13.2 Å². The Balaban J connectivity index is 1.60. The molecule has 1 aliphatic heterocycles. The fourth-order valence-electron chi connectivity index (χ4n) is 3.81. The lowest BCUT2D eigenvalue weighted by molar-refractivity contribution is -0.148. The number of carbonyl (C=O) groups excluding carboxylic acids is 3. The lowest BCUT2D eigenvalue weighted by Crippen LogP contribution is -2.41. The number of hydrogen-bond donors (Lipinski definition) is 0. The standard InChI is InChI=1S/C24H27NO7S/c1-16-8-9-17(2)20(14-16)21(26)15-32-23(27)18-10-12-25(13-11-18)33(29,30)22-7-5-4-6-19(22)24(28)31-3/h4-9,14,18H,10-13,15H2,1-3H3. The maximum Gasteiger partial charge on any atom is 0.339 e. The van der Waals surface area contributed by atoms with E-state index in [1.807, 2.05) is 26.0 Å². The van der Waals surface area contributed by atoms with Gasteiger partial charge >= 0.3 is 11.9 Å². The molecule has 0 N–H and O–H groups in total. The fraction of sp³-hybridized carbons (Fsp3) is 0.375. The van der Waals surface area contributed by atoms with Gasteiger partial charge in [0.25, 0.3) is 0 Å². The number of nitrogens with zero attached hydrogens (tertiary/aromatic N) is 1. The van der Waals surface area contributed by atoms with Crippen molar-refractivity contribution in [3.05, 3.63) is 64.7 Å². The Morgan fingerprint density at radius 2 is 1.67 bits per heavy atom. The van der Waals surface area contributed by atoms with Gasteiger partial charge in [-0.2, -0.15) is 4.31 Å².